The molecule has 0 amide bonds. The molecule has 2 aromatic rings. The molecule has 2 aliphatic heterocycles. The first-order valence-corrected chi connectivity index (χ1v) is 8.35. The molecule has 1 saturated heterocycles. The average molecular weight is 324 g/mol. The van der Waals surface area contributed by atoms with Crippen LogP contribution in [0, 0.1) is 12.7 Å². The number of aliphatic imine (C=N–C) groups is 1. The van der Waals surface area contributed by atoms with E-state index in [2.05, 4.69) is 27.2 Å². The molecule has 2 aliphatic rings. The van der Waals surface area contributed by atoms with Gasteiger partial charge in [-0.2, -0.15) is 0 Å². The van der Waals surface area contributed by atoms with Crippen LogP contribution in [0.1, 0.15) is 17.7 Å². The molecule has 124 valence electrons. The Hall–Kier alpha value is -2.27. The average Bonchev–Trinajstić information content (AvgIpc) is 3.19. The number of hydrogen-bond acceptors (Lipinski definition) is 4. The zero-order chi connectivity index (χ0) is 16.7. The minimum absolute atomic E-state index is 0.212. The van der Waals surface area contributed by atoms with Gasteiger partial charge < -0.3 is 10.2 Å². The second-order valence-electron chi connectivity index (χ2n) is 6.73. The molecular formula is C19H21FN4. The first kappa shape index (κ1) is 15.3. The zero-order valence-electron chi connectivity index (χ0n) is 14.0. The molecule has 24 heavy (non-hydrogen) atoms. The molecule has 4 rings (SSSR count). The molecule has 4 nitrogen and oxygen atoms in total. The van der Waals surface area contributed by atoms with E-state index >= 15 is 0 Å². The fourth-order valence-electron chi connectivity index (χ4n) is 3.54. The third-order valence-electron chi connectivity index (χ3n) is 4.77. The zero-order valence-corrected chi connectivity index (χ0v) is 14.0. The fourth-order valence-corrected chi connectivity index (χ4v) is 3.54. The molecule has 0 spiro atoms. The maximum atomic E-state index is 14.7. The second-order valence-corrected chi connectivity index (χ2v) is 6.73. The molecule has 1 aromatic heterocycles. The number of hydrogen-bond donors (Lipinski definition) is 1. The first-order valence-electron chi connectivity index (χ1n) is 8.35. The summed E-state index contributed by atoms with van der Waals surface area (Å²) in [6.45, 7) is 4.61. The Balaban J connectivity index is 1.75. The Bertz CT molecular complexity index is 856. The van der Waals surface area contributed by atoms with Crippen molar-refractivity contribution in [2.24, 2.45) is 4.99 Å². The summed E-state index contributed by atoms with van der Waals surface area (Å²) in [5, 5.41) is 4.43. The van der Waals surface area contributed by atoms with Crippen LogP contribution < -0.4 is 5.32 Å². The third kappa shape index (κ3) is 2.80. The summed E-state index contributed by atoms with van der Waals surface area (Å²) in [5.41, 5.74) is 4.24. The highest BCUT2D eigenvalue weighted by atomic mass is 19.1. The van der Waals surface area contributed by atoms with Gasteiger partial charge >= 0.3 is 0 Å². The number of nitrogens with one attached hydrogen (secondary N) is 1. The molecule has 0 saturated carbocycles. The standard InChI is InChI=1S/C19H21FN4/c1-12-7-18(23-14-4-6-24(2)11-14)16-8-17(20)15(9-19(16)22-12)13-3-5-21-10-13/h3,5,7-9,14H,4,6,10-11H2,1-2H3,(H,22,23)/t14-/m0/s1. The lowest BCUT2D eigenvalue weighted by molar-refractivity contribution is 0.414. The monoisotopic (exact) mass is 324 g/mol. The number of aryl methyl sites for hydroxylation is 1. The van der Waals surface area contributed by atoms with E-state index in [1.807, 2.05) is 25.1 Å². The van der Waals surface area contributed by atoms with Crippen LogP contribution in [-0.4, -0.2) is 48.8 Å². The van der Waals surface area contributed by atoms with Gasteiger partial charge in [0.05, 0.1) is 12.1 Å². The largest absolute Gasteiger partial charge is 0.380 e. The summed E-state index contributed by atoms with van der Waals surface area (Å²) in [7, 11) is 2.13. The predicted molar refractivity (Wildman–Crippen MR) is 97.3 cm³/mol. The van der Waals surface area contributed by atoms with Crippen LogP contribution in [0.3, 0.4) is 0 Å². The van der Waals surface area contributed by atoms with Crippen molar-refractivity contribution < 1.29 is 4.39 Å². The second kappa shape index (κ2) is 5.98. The van der Waals surface area contributed by atoms with Crippen molar-refractivity contribution >= 4 is 28.4 Å². The molecule has 1 atom stereocenters. The van der Waals surface area contributed by atoms with Crippen LogP contribution in [0.15, 0.2) is 29.3 Å². The van der Waals surface area contributed by atoms with Crippen molar-refractivity contribution in [3.05, 3.63) is 41.3 Å². The number of fused-ring (bicyclic) bond motifs is 1. The number of allylic oxidation sites excluding steroid dienone is 1. The van der Waals surface area contributed by atoms with Crippen LogP contribution in [0.2, 0.25) is 0 Å². The van der Waals surface area contributed by atoms with E-state index in [9.17, 15) is 4.39 Å². The first-order chi connectivity index (χ1) is 11.6. The van der Waals surface area contributed by atoms with Crippen LogP contribution in [0.4, 0.5) is 10.1 Å². The van der Waals surface area contributed by atoms with E-state index in [1.165, 1.54) is 0 Å². The topological polar surface area (TPSA) is 40.5 Å². The van der Waals surface area contributed by atoms with Crippen molar-refractivity contribution in [2.75, 3.05) is 32.0 Å². The number of nitrogens with zero attached hydrogens (tertiary/aromatic N) is 3. The molecule has 0 bridgehead atoms. The van der Waals surface area contributed by atoms with Crippen molar-refractivity contribution in [3.8, 4) is 0 Å². The summed E-state index contributed by atoms with van der Waals surface area (Å²) < 4.78 is 14.7. The molecule has 1 aromatic carbocycles. The highest BCUT2D eigenvalue weighted by Gasteiger charge is 2.21. The highest BCUT2D eigenvalue weighted by Crippen LogP contribution is 2.30. The molecule has 1 N–H and O–H groups in total. The van der Waals surface area contributed by atoms with E-state index in [0.717, 1.165) is 47.4 Å². The Morgan fingerprint density at radius 3 is 2.88 bits per heavy atom. The summed E-state index contributed by atoms with van der Waals surface area (Å²) in [6, 6.07) is 5.87. The smallest absolute Gasteiger partial charge is 0.131 e. The number of likely N-dealkylation sites (N-methyl/N-ethyl adjacent to an activating group) is 1. The van der Waals surface area contributed by atoms with E-state index in [1.54, 1.807) is 12.3 Å². The van der Waals surface area contributed by atoms with Gasteiger partial charge in [-0.1, -0.05) is 0 Å². The minimum Gasteiger partial charge on any atom is -0.380 e. The number of pyridine rings is 1. The minimum atomic E-state index is -0.212. The molecular weight excluding hydrogens is 303 g/mol. The summed E-state index contributed by atoms with van der Waals surface area (Å²) in [5.74, 6) is -0.212. The van der Waals surface area contributed by atoms with Gasteiger partial charge in [-0.3, -0.25) is 9.98 Å². The van der Waals surface area contributed by atoms with E-state index < -0.39 is 0 Å². The Morgan fingerprint density at radius 2 is 2.17 bits per heavy atom. The number of aromatic nitrogens is 1. The molecule has 5 heteroatoms. The Labute approximate surface area is 141 Å². The quantitative estimate of drug-likeness (QED) is 0.942. The summed E-state index contributed by atoms with van der Waals surface area (Å²) in [6.07, 6.45) is 4.70. The van der Waals surface area contributed by atoms with Gasteiger partial charge in [0, 0.05) is 41.1 Å². The maximum Gasteiger partial charge on any atom is 0.131 e. The Morgan fingerprint density at radius 1 is 1.29 bits per heavy atom. The van der Waals surface area contributed by atoms with Crippen LogP contribution in [0.25, 0.3) is 16.5 Å². The molecule has 1 fully saturated rings. The van der Waals surface area contributed by atoms with Gasteiger partial charge in [0.2, 0.25) is 0 Å². The number of rotatable bonds is 3. The SMILES string of the molecule is Cc1cc(N[C@H]2CCN(C)C2)c2cc(F)c(C3=CC=NC3)cc2n1. The van der Waals surface area contributed by atoms with Gasteiger partial charge in [-0.25, -0.2) is 4.39 Å². The van der Waals surface area contributed by atoms with Crippen LogP contribution >= 0.6 is 0 Å². The molecule has 3 heterocycles. The normalized spacial score (nSPS) is 20.8. The fraction of sp³-hybridized carbons (Fsp3) is 0.368. The van der Waals surface area contributed by atoms with Gasteiger partial charge in [0.15, 0.2) is 0 Å². The number of anilines is 1. The summed E-state index contributed by atoms with van der Waals surface area (Å²) in [4.78, 5) is 11.1. The lowest BCUT2D eigenvalue weighted by atomic mass is 10.0. The van der Waals surface area contributed by atoms with Gasteiger partial charge in [-0.15, -0.1) is 0 Å². The van der Waals surface area contributed by atoms with Crippen molar-refractivity contribution in [2.45, 2.75) is 19.4 Å². The predicted octanol–water partition coefficient (Wildman–Crippen LogP) is 3.27. The van der Waals surface area contributed by atoms with Crippen LogP contribution in [-0.2, 0) is 0 Å². The molecule has 0 aliphatic carbocycles. The lowest BCUT2D eigenvalue weighted by Crippen LogP contribution is -2.23. The van der Waals surface area contributed by atoms with E-state index in [-0.39, 0.29) is 5.82 Å². The third-order valence-corrected chi connectivity index (χ3v) is 4.77. The molecule has 0 unspecified atom stereocenters. The number of likely N-dealkylation sites (tertiary alicyclic amines) is 1. The Kier molecular flexibility index (Phi) is 3.81. The van der Waals surface area contributed by atoms with Crippen molar-refractivity contribution in [1.29, 1.82) is 0 Å². The van der Waals surface area contributed by atoms with Gasteiger partial charge in [0.1, 0.15) is 5.82 Å². The number of halogens is 1. The summed E-state index contributed by atoms with van der Waals surface area (Å²) >= 11 is 0. The van der Waals surface area contributed by atoms with Crippen molar-refractivity contribution in [1.82, 2.24) is 9.88 Å². The molecule has 0 radical (unpaired) electrons. The number of benzene rings is 1. The highest BCUT2D eigenvalue weighted by molar-refractivity contribution is 5.96. The lowest BCUT2D eigenvalue weighted by Gasteiger charge is -2.17. The van der Waals surface area contributed by atoms with Crippen LogP contribution in [0.5, 0.6) is 0 Å². The van der Waals surface area contributed by atoms with Gasteiger partial charge in [0.25, 0.3) is 0 Å². The van der Waals surface area contributed by atoms with Crippen molar-refractivity contribution in [3.63, 3.8) is 0 Å². The van der Waals surface area contributed by atoms with E-state index in [4.69, 9.17) is 0 Å². The van der Waals surface area contributed by atoms with E-state index in [0.29, 0.717) is 18.2 Å². The maximum absolute atomic E-state index is 14.7. The van der Waals surface area contributed by atoms with Gasteiger partial charge in [-0.05, 0) is 56.8 Å².